The predicted octanol–water partition coefficient (Wildman–Crippen LogP) is 3.33. The monoisotopic (exact) mass is 250 g/mol. The molecule has 18 heavy (non-hydrogen) atoms. The van der Waals surface area contributed by atoms with E-state index >= 15 is 0 Å². The zero-order valence-corrected chi connectivity index (χ0v) is 11.3. The number of rotatable bonds is 6. The quantitative estimate of drug-likeness (QED) is 0.788. The van der Waals surface area contributed by atoms with Gasteiger partial charge >= 0.3 is 5.97 Å². The maximum atomic E-state index is 11.3. The normalized spacial score (nSPS) is 12.5. The van der Waals surface area contributed by atoms with Crippen LogP contribution in [0.5, 0.6) is 0 Å². The number of esters is 1. The van der Waals surface area contributed by atoms with Gasteiger partial charge in [-0.2, -0.15) is 0 Å². The third-order valence-corrected chi connectivity index (χ3v) is 2.98. The summed E-state index contributed by atoms with van der Waals surface area (Å²) in [6, 6.07) is 6.94. The van der Waals surface area contributed by atoms with Crippen molar-refractivity contribution in [2.45, 2.75) is 39.2 Å². The molecule has 1 rings (SSSR count). The molecule has 100 valence electrons. The Morgan fingerprint density at radius 3 is 2.33 bits per heavy atom. The van der Waals surface area contributed by atoms with Crippen LogP contribution in [0.15, 0.2) is 24.3 Å². The zero-order chi connectivity index (χ0) is 13.5. The first-order chi connectivity index (χ1) is 8.54. The Labute approximate surface area is 109 Å². The molecule has 3 heteroatoms. The van der Waals surface area contributed by atoms with E-state index in [9.17, 15) is 9.90 Å². The Morgan fingerprint density at radius 2 is 1.83 bits per heavy atom. The highest BCUT2D eigenvalue weighted by Crippen LogP contribution is 2.21. The molecule has 3 nitrogen and oxygen atoms in total. The predicted molar refractivity (Wildman–Crippen MR) is 71.4 cm³/mol. The van der Waals surface area contributed by atoms with Gasteiger partial charge in [-0.05, 0) is 30.0 Å². The summed E-state index contributed by atoms with van der Waals surface area (Å²) in [6.45, 7) is 4.36. The molecule has 1 aromatic carbocycles. The third kappa shape index (κ3) is 4.49. The topological polar surface area (TPSA) is 46.5 Å². The maximum Gasteiger partial charge on any atom is 0.337 e. The Bertz CT molecular complexity index is 368. The van der Waals surface area contributed by atoms with Crippen molar-refractivity contribution in [1.82, 2.24) is 0 Å². The van der Waals surface area contributed by atoms with Crippen molar-refractivity contribution < 1.29 is 14.6 Å². The largest absolute Gasteiger partial charge is 0.465 e. The number of benzene rings is 1. The smallest absolute Gasteiger partial charge is 0.337 e. The molecule has 0 aliphatic heterocycles. The Hall–Kier alpha value is -1.35. The number of hydrogen-bond acceptors (Lipinski definition) is 3. The van der Waals surface area contributed by atoms with E-state index in [-0.39, 0.29) is 5.97 Å². The molecule has 0 saturated heterocycles. The van der Waals surface area contributed by atoms with E-state index in [2.05, 4.69) is 18.6 Å². The van der Waals surface area contributed by atoms with Gasteiger partial charge in [0.25, 0.3) is 0 Å². The lowest BCUT2D eigenvalue weighted by atomic mass is 9.99. The van der Waals surface area contributed by atoms with Gasteiger partial charge in [0.2, 0.25) is 0 Å². The second-order valence-electron chi connectivity index (χ2n) is 4.95. The summed E-state index contributed by atoms with van der Waals surface area (Å²) in [6.07, 6.45) is 2.44. The SMILES string of the molecule is COC(=O)c1ccc(C(O)CCCC(C)C)cc1. The number of hydrogen-bond donors (Lipinski definition) is 1. The molecule has 0 radical (unpaired) electrons. The van der Waals surface area contributed by atoms with E-state index in [1.165, 1.54) is 7.11 Å². The first kappa shape index (κ1) is 14.7. The van der Waals surface area contributed by atoms with Gasteiger partial charge < -0.3 is 9.84 Å². The molecule has 0 aromatic heterocycles. The Kier molecular flexibility index (Phi) is 5.86. The fraction of sp³-hybridized carbons (Fsp3) is 0.533. The Morgan fingerprint density at radius 1 is 1.22 bits per heavy atom. The fourth-order valence-electron chi connectivity index (χ4n) is 1.85. The highest BCUT2D eigenvalue weighted by atomic mass is 16.5. The minimum Gasteiger partial charge on any atom is -0.465 e. The fourth-order valence-corrected chi connectivity index (χ4v) is 1.85. The van der Waals surface area contributed by atoms with Crippen LogP contribution in [-0.2, 0) is 4.74 Å². The minimum atomic E-state index is -0.449. The average molecular weight is 250 g/mol. The molecule has 1 N–H and O–H groups in total. The second kappa shape index (κ2) is 7.17. The molecule has 0 fully saturated rings. The van der Waals surface area contributed by atoms with Crippen LogP contribution in [0, 0.1) is 5.92 Å². The van der Waals surface area contributed by atoms with Gasteiger partial charge in [0, 0.05) is 0 Å². The van der Waals surface area contributed by atoms with Gasteiger partial charge in [-0.25, -0.2) is 4.79 Å². The number of aliphatic hydroxyl groups excluding tert-OH is 1. The van der Waals surface area contributed by atoms with E-state index in [1.54, 1.807) is 24.3 Å². The van der Waals surface area contributed by atoms with Gasteiger partial charge in [0.15, 0.2) is 0 Å². The molecule has 0 bridgehead atoms. The van der Waals surface area contributed by atoms with E-state index in [1.807, 2.05) is 0 Å². The minimum absolute atomic E-state index is 0.351. The number of carbonyl (C=O) groups excluding carboxylic acids is 1. The molecule has 0 aliphatic rings. The van der Waals surface area contributed by atoms with Crippen molar-refractivity contribution in [3.8, 4) is 0 Å². The molecule has 0 saturated carbocycles. The summed E-state index contributed by atoms with van der Waals surface area (Å²) in [5, 5.41) is 10.0. The van der Waals surface area contributed by atoms with Crippen molar-refractivity contribution in [3.05, 3.63) is 35.4 Å². The summed E-state index contributed by atoms with van der Waals surface area (Å²) in [7, 11) is 1.36. The van der Waals surface area contributed by atoms with Crippen molar-refractivity contribution >= 4 is 5.97 Å². The van der Waals surface area contributed by atoms with Crippen molar-refractivity contribution in [3.63, 3.8) is 0 Å². The molecular formula is C15H22O3. The zero-order valence-electron chi connectivity index (χ0n) is 11.3. The first-order valence-corrected chi connectivity index (χ1v) is 6.41. The highest BCUT2D eigenvalue weighted by molar-refractivity contribution is 5.89. The van der Waals surface area contributed by atoms with Crippen LogP contribution in [-0.4, -0.2) is 18.2 Å². The van der Waals surface area contributed by atoms with Gasteiger partial charge in [0.1, 0.15) is 0 Å². The molecule has 1 atom stereocenters. The molecule has 0 heterocycles. The van der Waals surface area contributed by atoms with E-state index < -0.39 is 6.10 Å². The Balaban J connectivity index is 2.53. The summed E-state index contributed by atoms with van der Waals surface area (Å²) in [4.78, 5) is 11.3. The van der Waals surface area contributed by atoms with Gasteiger partial charge in [-0.1, -0.05) is 38.8 Å². The summed E-state index contributed by atoms with van der Waals surface area (Å²) in [5.41, 5.74) is 1.36. The molecule has 1 aromatic rings. The van der Waals surface area contributed by atoms with Gasteiger partial charge in [-0.15, -0.1) is 0 Å². The maximum absolute atomic E-state index is 11.3. The van der Waals surface area contributed by atoms with Gasteiger partial charge in [-0.3, -0.25) is 0 Å². The highest BCUT2D eigenvalue weighted by Gasteiger charge is 2.10. The third-order valence-electron chi connectivity index (χ3n) is 2.98. The number of carbonyl (C=O) groups is 1. The van der Waals surface area contributed by atoms with E-state index in [0.717, 1.165) is 24.8 Å². The van der Waals surface area contributed by atoms with Crippen LogP contribution in [0.25, 0.3) is 0 Å². The second-order valence-corrected chi connectivity index (χ2v) is 4.95. The molecular weight excluding hydrogens is 228 g/mol. The molecule has 0 amide bonds. The lowest BCUT2D eigenvalue weighted by molar-refractivity contribution is 0.0600. The van der Waals surface area contributed by atoms with Crippen LogP contribution in [0.1, 0.15) is 55.1 Å². The number of methoxy groups -OCH3 is 1. The molecule has 1 unspecified atom stereocenters. The number of ether oxygens (including phenoxy) is 1. The van der Waals surface area contributed by atoms with Crippen LogP contribution in [0.4, 0.5) is 0 Å². The van der Waals surface area contributed by atoms with Crippen LogP contribution in [0.3, 0.4) is 0 Å². The van der Waals surface area contributed by atoms with Crippen LogP contribution >= 0.6 is 0 Å². The van der Waals surface area contributed by atoms with E-state index in [4.69, 9.17) is 0 Å². The van der Waals surface area contributed by atoms with Crippen LogP contribution < -0.4 is 0 Å². The summed E-state index contributed by atoms with van der Waals surface area (Å²) >= 11 is 0. The van der Waals surface area contributed by atoms with Crippen molar-refractivity contribution in [2.75, 3.05) is 7.11 Å². The molecule has 0 spiro atoms. The number of aliphatic hydroxyl groups is 1. The summed E-state index contributed by atoms with van der Waals surface area (Å²) < 4.78 is 4.63. The van der Waals surface area contributed by atoms with Crippen LogP contribution in [0.2, 0.25) is 0 Å². The first-order valence-electron chi connectivity index (χ1n) is 6.41. The summed E-state index contributed by atoms with van der Waals surface area (Å²) in [5.74, 6) is 0.315. The van der Waals surface area contributed by atoms with E-state index in [0.29, 0.717) is 11.5 Å². The average Bonchev–Trinajstić information content (AvgIpc) is 2.37. The van der Waals surface area contributed by atoms with Crippen molar-refractivity contribution in [2.24, 2.45) is 5.92 Å². The van der Waals surface area contributed by atoms with Crippen molar-refractivity contribution in [1.29, 1.82) is 0 Å². The lowest BCUT2D eigenvalue weighted by Crippen LogP contribution is -2.03. The lowest BCUT2D eigenvalue weighted by Gasteiger charge is -2.12. The van der Waals surface area contributed by atoms with Gasteiger partial charge in [0.05, 0.1) is 18.8 Å². The molecule has 0 aliphatic carbocycles. The standard InChI is InChI=1S/C15H22O3/c1-11(2)5-4-6-14(16)12-7-9-13(10-8-12)15(17)18-3/h7-11,14,16H,4-6H2,1-3H3.